The van der Waals surface area contributed by atoms with Crippen LogP contribution in [0.25, 0.3) is 0 Å². The SMILES string of the molecule is CC(O)CC(C)NC(=O)Cc1ccncc1. The number of nitrogens with zero attached hydrogens (tertiary/aromatic N) is 1. The molecule has 1 aromatic rings. The van der Waals surface area contributed by atoms with Crippen molar-refractivity contribution in [2.24, 2.45) is 0 Å². The van der Waals surface area contributed by atoms with E-state index < -0.39 is 6.10 Å². The first kappa shape index (κ1) is 12.6. The van der Waals surface area contributed by atoms with Gasteiger partial charge in [0.1, 0.15) is 0 Å². The molecule has 1 heterocycles. The highest BCUT2D eigenvalue weighted by molar-refractivity contribution is 5.78. The molecule has 1 aromatic heterocycles. The molecule has 0 saturated heterocycles. The lowest BCUT2D eigenvalue weighted by molar-refractivity contribution is -0.121. The third kappa shape index (κ3) is 4.89. The fraction of sp³-hybridized carbons (Fsp3) is 0.500. The predicted octanol–water partition coefficient (Wildman–Crippen LogP) is 0.900. The maximum atomic E-state index is 11.6. The second kappa shape index (κ2) is 6.23. The number of rotatable bonds is 5. The van der Waals surface area contributed by atoms with Gasteiger partial charge in [-0.1, -0.05) is 0 Å². The zero-order valence-corrected chi connectivity index (χ0v) is 9.68. The summed E-state index contributed by atoms with van der Waals surface area (Å²) in [7, 11) is 0. The summed E-state index contributed by atoms with van der Waals surface area (Å²) >= 11 is 0. The third-order valence-electron chi connectivity index (χ3n) is 2.22. The van der Waals surface area contributed by atoms with Crippen LogP contribution in [0.1, 0.15) is 25.8 Å². The van der Waals surface area contributed by atoms with Gasteiger partial charge < -0.3 is 10.4 Å². The summed E-state index contributed by atoms with van der Waals surface area (Å²) in [4.78, 5) is 15.5. The van der Waals surface area contributed by atoms with E-state index in [-0.39, 0.29) is 11.9 Å². The van der Waals surface area contributed by atoms with Crippen LogP contribution in [-0.4, -0.2) is 28.1 Å². The van der Waals surface area contributed by atoms with Crippen molar-refractivity contribution < 1.29 is 9.90 Å². The first-order valence-electron chi connectivity index (χ1n) is 5.44. The summed E-state index contributed by atoms with van der Waals surface area (Å²) in [5.74, 6) is -0.0284. The molecule has 0 radical (unpaired) electrons. The Morgan fingerprint density at radius 3 is 2.62 bits per heavy atom. The highest BCUT2D eigenvalue weighted by atomic mass is 16.3. The van der Waals surface area contributed by atoms with E-state index in [0.29, 0.717) is 12.8 Å². The smallest absolute Gasteiger partial charge is 0.224 e. The molecule has 16 heavy (non-hydrogen) atoms. The maximum absolute atomic E-state index is 11.6. The van der Waals surface area contributed by atoms with E-state index in [0.717, 1.165) is 5.56 Å². The van der Waals surface area contributed by atoms with Crippen molar-refractivity contribution in [1.29, 1.82) is 0 Å². The Labute approximate surface area is 95.7 Å². The number of aromatic nitrogens is 1. The van der Waals surface area contributed by atoms with Gasteiger partial charge in [-0.15, -0.1) is 0 Å². The van der Waals surface area contributed by atoms with Gasteiger partial charge in [-0.05, 0) is 38.0 Å². The van der Waals surface area contributed by atoms with Gasteiger partial charge in [-0.2, -0.15) is 0 Å². The van der Waals surface area contributed by atoms with Crippen LogP contribution in [-0.2, 0) is 11.2 Å². The van der Waals surface area contributed by atoms with E-state index in [4.69, 9.17) is 5.11 Å². The van der Waals surface area contributed by atoms with Crippen LogP contribution in [0, 0.1) is 0 Å². The van der Waals surface area contributed by atoms with Gasteiger partial charge in [0, 0.05) is 18.4 Å². The van der Waals surface area contributed by atoms with E-state index in [9.17, 15) is 4.79 Å². The fourth-order valence-electron chi connectivity index (χ4n) is 1.58. The Balaban J connectivity index is 2.36. The standard InChI is InChI=1S/C12H18N2O2/c1-9(7-10(2)15)14-12(16)8-11-3-5-13-6-4-11/h3-6,9-10,15H,7-8H2,1-2H3,(H,14,16). The van der Waals surface area contributed by atoms with Gasteiger partial charge in [0.15, 0.2) is 0 Å². The molecular weight excluding hydrogens is 204 g/mol. The van der Waals surface area contributed by atoms with E-state index >= 15 is 0 Å². The van der Waals surface area contributed by atoms with Crippen molar-refractivity contribution in [1.82, 2.24) is 10.3 Å². The lowest BCUT2D eigenvalue weighted by Crippen LogP contribution is -2.35. The topological polar surface area (TPSA) is 62.2 Å². The number of pyridine rings is 1. The molecule has 88 valence electrons. The van der Waals surface area contributed by atoms with Crippen LogP contribution < -0.4 is 5.32 Å². The molecule has 0 aliphatic carbocycles. The average Bonchev–Trinajstić information content (AvgIpc) is 2.17. The first-order valence-corrected chi connectivity index (χ1v) is 5.44. The predicted molar refractivity (Wildman–Crippen MR) is 61.8 cm³/mol. The van der Waals surface area contributed by atoms with Crippen LogP contribution in [0.15, 0.2) is 24.5 Å². The minimum absolute atomic E-state index is 0.00524. The molecule has 4 nitrogen and oxygen atoms in total. The van der Waals surface area contributed by atoms with Gasteiger partial charge in [-0.25, -0.2) is 0 Å². The Morgan fingerprint density at radius 1 is 1.44 bits per heavy atom. The number of nitrogens with one attached hydrogen (secondary N) is 1. The fourth-order valence-corrected chi connectivity index (χ4v) is 1.58. The van der Waals surface area contributed by atoms with Crippen LogP contribution in [0.4, 0.5) is 0 Å². The number of hydrogen-bond acceptors (Lipinski definition) is 3. The zero-order valence-electron chi connectivity index (χ0n) is 9.68. The van der Waals surface area contributed by atoms with Gasteiger partial charge in [0.2, 0.25) is 5.91 Å². The number of amides is 1. The van der Waals surface area contributed by atoms with Crippen molar-refractivity contribution in [3.8, 4) is 0 Å². The van der Waals surface area contributed by atoms with Crippen molar-refractivity contribution in [3.63, 3.8) is 0 Å². The number of aliphatic hydroxyl groups is 1. The summed E-state index contributed by atoms with van der Waals surface area (Å²) in [6.45, 7) is 3.60. The number of aliphatic hydroxyl groups excluding tert-OH is 1. The zero-order chi connectivity index (χ0) is 12.0. The molecule has 0 aromatic carbocycles. The summed E-state index contributed by atoms with van der Waals surface area (Å²) in [6.07, 6.45) is 3.87. The molecule has 0 bridgehead atoms. The van der Waals surface area contributed by atoms with Gasteiger partial charge in [-0.3, -0.25) is 9.78 Å². The lowest BCUT2D eigenvalue weighted by atomic mass is 10.1. The minimum atomic E-state index is -0.392. The monoisotopic (exact) mass is 222 g/mol. The van der Waals surface area contributed by atoms with Crippen molar-refractivity contribution in [2.45, 2.75) is 38.8 Å². The van der Waals surface area contributed by atoms with E-state index in [1.807, 2.05) is 19.1 Å². The molecule has 0 spiro atoms. The number of hydrogen-bond donors (Lipinski definition) is 2. The van der Waals surface area contributed by atoms with Crippen LogP contribution in [0.2, 0.25) is 0 Å². The van der Waals surface area contributed by atoms with E-state index in [1.165, 1.54) is 0 Å². The minimum Gasteiger partial charge on any atom is -0.393 e. The molecule has 2 unspecified atom stereocenters. The third-order valence-corrected chi connectivity index (χ3v) is 2.22. The largest absolute Gasteiger partial charge is 0.393 e. The second-order valence-corrected chi connectivity index (χ2v) is 4.09. The molecule has 4 heteroatoms. The van der Waals surface area contributed by atoms with Gasteiger partial charge in [0.25, 0.3) is 0 Å². The van der Waals surface area contributed by atoms with Crippen molar-refractivity contribution in [3.05, 3.63) is 30.1 Å². The molecule has 0 fully saturated rings. The molecule has 1 rings (SSSR count). The Hall–Kier alpha value is -1.42. The lowest BCUT2D eigenvalue weighted by Gasteiger charge is -2.15. The summed E-state index contributed by atoms with van der Waals surface area (Å²) in [6, 6.07) is 3.63. The summed E-state index contributed by atoms with van der Waals surface area (Å²) in [5, 5.41) is 12.0. The average molecular weight is 222 g/mol. The van der Waals surface area contributed by atoms with Gasteiger partial charge >= 0.3 is 0 Å². The van der Waals surface area contributed by atoms with Crippen LogP contribution in [0.3, 0.4) is 0 Å². The van der Waals surface area contributed by atoms with Crippen molar-refractivity contribution in [2.75, 3.05) is 0 Å². The molecule has 1 amide bonds. The summed E-state index contributed by atoms with van der Waals surface area (Å²) < 4.78 is 0. The van der Waals surface area contributed by atoms with Gasteiger partial charge in [0.05, 0.1) is 12.5 Å². The Bertz CT molecular complexity index is 325. The Morgan fingerprint density at radius 2 is 2.06 bits per heavy atom. The normalized spacial score (nSPS) is 14.2. The molecular formula is C12H18N2O2. The second-order valence-electron chi connectivity index (χ2n) is 4.09. The highest BCUT2D eigenvalue weighted by Crippen LogP contribution is 2.00. The number of carbonyl (C=O) groups is 1. The molecule has 2 atom stereocenters. The molecule has 0 aliphatic rings. The molecule has 2 N–H and O–H groups in total. The Kier molecular flexibility index (Phi) is 4.92. The first-order chi connectivity index (χ1) is 7.58. The quantitative estimate of drug-likeness (QED) is 0.778. The van der Waals surface area contributed by atoms with Crippen LogP contribution >= 0.6 is 0 Å². The van der Waals surface area contributed by atoms with E-state index in [1.54, 1.807) is 19.3 Å². The van der Waals surface area contributed by atoms with E-state index in [2.05, 4.69) is 10.3 Å². The van der Waals surface area contributed by atoms with Crippen molar-refractivity contribution >= 4 is 5.91 Å². The summed E-state index contributed by atoms with van der Waals surface area (Å²) in [5.41, 5.74) is 0.941. The van der Waals surface area contributed by atoms with Crippen LogP contribution in [0.5, 0.6) is 0 Å². The molecule has 0 saturated carbocycles. The maximum Gasteiger partial charge on any atom is 0.224 e. The number of carbonyl (C=O) groups excluding carboxylic acids is 1. The molecule has 0 aliphatic heterocycles. The highest BCUT2D eigenvalue weighted by Gasteiger charge is 2.09.